The van der Waals surface area contributed by atoms with Crippen molar-refractivity contribution in [3.8, 4) is 0 Å². The number of anilines is 1. The number of aryl methyl sites for hydroxylation is 2. The van der Waals surface area contributed by atoms with Gasteiger partial charge in [-0.1, -0.05) is 17.7 Å². The zero-order valence-corrected chi connectivity index (χ0v) is 20.4. The van der Waals surface area contributed by atoms with E-state index < -0.39 is 0 Å². The molecule has 2 heterocycles. The second-order valence-electron chi connectivity index (χ2n) is 7.30. The van der Waals surface area contributed by atoms with Crippen LogP contribution in [0, 0.1) is 12.8 Å². The van der Waals surface area contributed by atoms with E-state index in [4.69, 9.17) is 16.6 Å². The van der Waals surface area contributed by atoms with E-state index in [9.17, 15) is 0 Å². The van der Waals surface area contributed by atoms with Crippen LogP contribution in [0.1, 0.15) is 25.3 Å². The molecule has 2 N–H and O–H groups in total. The second-order valence-corrected chi connectivity index (χ2v) is 7.74. The zero-order chi connectivity index (χ0) is 19.8. The fraction of sp³-hybridized carbons (Fsp3) is 0.524. The Kier molecular flexibility index (Phi) is 10.1. The molecule has 0 bridgehead atoms. The molecule has 160 valence electrons. The third-order valence-corrected chi connectivity index (χ3v) is 5.30. The first kappa shape index (κ1) is 23.8. The van der Waals surface area contributed by atoms with Crippen LogP contribution < -0.4 is 15.5 Å². The third-order valence-electron chi connectivity index (χ3n) is 5.07. The molecule has 1 fully saturated rings. The number of benzene rings is 1. The van der Waals surface area contributed by atoms with Gasteiger partial charge in [0.2, 0.25) is 0 Å². The average Bonchev–Trinajstić information content (AvgIpc) is 3.37. The molecular formula is C21H32ClIN6. The number of guanidine groups is 1. The summed E-state index contributed by atoms with van der Waals surface area (Å²) in [5, 5.41) is 11.8. The average molecular weight is 531 g/mol. The van der Waals surface area contributed by atoms with Crippen LogP contribution in [0.4, 0.5) is 5.69 Å². The van der Waals surface area contributed by atoms with Gasteiger partial charge in [-0.3, -0.25) is 9.67 Å². The molecule has 1 aromatic heterocycles. The molecule has 1 aromatic carbocycles. The molecule has 1 atom stereocenters. The molecule has 8 heteroatoms. The summed E-state index contributed by atoms with van der Waals surface area (Å²) >= 11 is 6.19. The molecule has 0 amide bonds. The van der Waals surface area contributed by atoms with Gasteiger partial charge in [-0.2, -0.15) is 5.10 Å². The Morgan fingerprint density at radius 2 is 2.21 bits per heavy atom. The van der Waals surface area contributed by atoms with Gasteiger partial charge < -0.3 is 15.5 Å². The Morgan fingerprint density at radius 1 is 1.34 bits per heavy atom. The maximum absolute atomic E-state index is 6.19. The van der Waals surface area contributed by atoms with E-state index in [1.807, 2.05) is 29.2 Å². The minimum absolute atomic E-state index is 0. The highest BCUT2D eigenvalue weighted by atomic mass is 127. The van der Waals surface area contributed by atoms with Crippen molar-refractivity contribution < 1.29 is 0 Å². The lowest BCUT2D eigenvalue weighted by molar-refractivity contribution is 0.567. The normalized spacial score (nSPS) is 16.6. The fourth-order valence-electron chi connectivity index (χ4n) is 3.57. The highest BCUT2D eigenvalue weighted by Crippen LogP contribution is 2.29. The lowest BCUT2D eigenvalue weighted by Gasteiger charge is -2.21. The Bertz CT molecular complexity index is 765. The van der Waals surface area contributed by atoms with Crippen molar-refractivity contribution in [2.45, 2.75) is 33.2 Å². The standard InChI is InChI=1S/C21H31ClN6.HI/c1-3-23-21(24-9-4-11-28-12-5-10-26-28)25-15-18-8-13-27(16-18)20-14-19(22)7-6-17(20)2;/h5-7,10,12,14,18H,3-4,8-9,11,13,15-16H2,1-2H3,(H2,23,24,25);1H. The molecule has 1 saturated heterocycles. The minimum Gasteiger partial charge on any atom is -0.371 e. The molecule has 1 aliphatic rings. The largest absolute Gasteiger partial charge is 0.371 e. The molecule has 0 aliphatic carbocycles. The van der Waals surface area contributed by atoms with Crippen molar-refractivity contribution in [2.75, 3.05) is 37.6 Å². The topological polar surface area (TPSA) is 57.5 Å². The maximum Gasteiger partial charge on any atom is 0.191 e. The van der Waals surface area contributed by atoms with E-state index in [0.717, 1.165) is 63.1 Å². The summed E-state index contributed by atoms with van der Waals surface area (Å²) in [6.45, 7) is 9.83. The first-order valence-corrected chi connectivity index (χ1v) is 10.5. The molecule has 0 radical (unpaired) electrons. The third kappa shape index (κ3) is 7.37. The van der Waals surface area contributed by atoms with Gasteiger partial charge in [-0.05, 0) is 56.4 Å². The predicted octanol–water partition coefficient (Wildman–Crippen LogP) is 3.93. The minimum atomic E-state index is 0. The van der Waals surface area contributed by atoms with Crippen molar-refractivity contribution >= 4 is 47.2 Å². The van der Waals surface area contributed by atoms with Gasteiger partial charge >= 0.3 is 0 Å². The summed E-state index contributed by atoms with van der Waals surface area (Å²) in [5.41, 5.74) is 2.53. The lowest BCUT2D eigenvalue weighted by Crippen LogP contribution is -2.38. The van der Waals surface area contributed by atoms with E-state index in [-0.39, 0.29) is 24.0 Å². The molecule has 1 unspecified atom stereocenters. The Balaban J connectivity index is 0.00000300. The van der Waals surface area contributed by atoms with Gasteiger partial charge in [0.1, 0.15) is 0 Å². The van der Waals surface area contributed by atoms with Crippen LogP contribution in [0.2, 0.25) is 5.02 Å². The highest BCUT2D eigenvalue weighted by Gasteiger charge is 2.23. The van der Waals surface area contributed by atoms with Crippen molar-refractivity contribution in [3.63, 3.8) is 0 Å². The number of hydrogen-bond donors (Lipinski definition) is 2. The first-order chi connectivity index (χ1) is 13.7. The number of aliphatic imine (C=N–C) groups is 1. The van der Waals surface area contributed by atoms with E-state index >= 15 is 0 Å². The van der Waals surface area contributed by atoms with E-state index in [1.165, 1.54) is 11.3 Å². The van der Waals surface area contributed by atoms with Crippen molar-refractivity contribution in [1.82, 2.24) is 20.4 Å². The Labute approximate surface area is 196 Å². The van der Waals surface area contributed by atoms with Gasteiger partial charge in [0.25, 0.3) is 0 Å². The van der Waals surface area contributed by atoms with Crippen molar-refractivity contribution in [1.29, 1.82) is 0 Å². The number of halogens is 2. The number of nitrogens with zero attached hydrogens (tertiary/aromatic N) is 4. The highest BCUT2D eigenvalue weighted by molar-refractivity contribution is 14.0. The van der Waals surface area contributed by atoms with Crippen LogP contribution >= 0.6 is 35.6 Å². The molecule has 0 spiro atoms. The zero-order valence-electron chi connectivity index (χ0n) is 17.3. The molecule has 29 heavy (non-hydrogen) atoms. The second kappa shape index (κ2) is 12.3. The molecule has 6 nitrogen and oxygen atoms in total. The maximum atomic E-state index is 6.19. The van der Waals surface area contributed by atoms with Gasteiger partial charge in [0.15, 0.2) is 5.96 Å². The van der Waals surface area contributed by atoms with Gasteiger partial charge in [-0.25, -0.2) is 0 Å². The quantitative estimate of drug-likeness (QED) is 0.235. The number of nitrogens with one attached hydrogen (secondary N) is 2. The van der Waals surface area contributed by atoms with Crippen LogP contribution in [-0.2, 0) is 6.54 Å². The molecule has 3 rings (SSSR count). The smallest absolute Gasteiger partial charge is 0.191 e. The number of aromatic nitrogens is 2. The van der Waals surface area contributed by atoms with Crippen LogP contribution in [0.5, 0.6) is 0 Å². The summed E-state index contributed by atoms with van der Waals surface area (Å²) in [6, 6.07) is 8.08. The van der Waals surface area contributed by atoms with E-state index in [2.05, 4.69) is 46.6 Å². The summed E-state index contributed by atoms with van der Waals surface area (Å²) in [6.07, 6.45) is 5.98. The van der Waals surface area contributed by atoms with E-state index in [0.29, 0.717) is 5.92 Å². The Hall–Kier alpha value is -1.48. The molecular weight excluding hydrogens is 499 g/mol. The van der Waals surface area contributed by atoms with Crippen LogP contribution in [0.25, 0.3) is 0 Å². The SMILES string of the molecule is CCNC(=NCC1CCN(c2cc(Cl)ccc2C)C1)NCCCn1cccn1.I. The molecule has 2 aromatic rings. The summed E-state index contributed by atoms with van der Waals surface area (Å²) in [5.74, 6) is 1.47. The van der Waals surface area contributed by atoms with Gasteiger partial charge in [0.05, 0.1) is 0 Å². The number of rotatable bonds is 8. The lowest BCUT2D eigenvalue weighted by atomic mass is 10.1. The van der Waals surface area contributed by atoms with Gasteiger partial charge in [0, 0.05) is 62.4 Å². The van der Waals surface area contributed by atoms with Crippen molar-refractivity contribution in [2.24, 2.45) is 10.9 Å². The fourth-order valence-corrected chi connectivity index (χ4v) is 3.73. The summed E-state index contributed by atoms with van der Waals surface area (Å²) < 4.78 is 1.96. The van der Waals surface area contributed by atoms with E-state index in [1.54, 1.807) is 0 Å². The number of hydrogen-bond acceptors (Lipinski definition) is 3. The van der Waals surface area contributed by atoms with Crippen LogP contribution in [0.15, 0.2) is 41.7 Å². The monoisotopic (exact) mass is 530 g/mol. The Morgan fingerprint density at radius 3 is 2.97 bits per heavy atom. The first-order valence-electron chi connectivity index (χ1n) is 10.2. The van der Waals surface area contributed by atoms with Crippen molar-refractivity contribution in [3.05, 3.63) is 47.2 Å². The van der Waals surface area contributed by atoms with Crippen LogP contribution in [-0.4, -0.2) is 48.5 Å². The summed E-state index contributed by atoms with van der Waals surface area (Å²) in [7, 11) is 0. The predicted molar refractivity (Wildman–Crippen MR) is 133 cm³/mol. The summed E-state index contributed by atoms with van der Waals surface area (Å²) in [4.78, 5) is 7.25. The van der Waals surface area contributed by atoms with Crippen LogP contribution in [0.3, 0.4) is 0 Å². The van der Waals surface area contributed by atoms with Gasteiger partial charge in [-0.15, -0.1) is 24.0 Å². The molecule has 1 aliphatic heterocycles. The molecule has 0 saturated carbocycles.